The number of aromatic nitrogens is 2. The van der Waals surface area contributed by atoms with Crippen molar-refractivity contribution in [3.05, 3.63) is 99.0 Å². The molecule has 0 atom stereocenters. The standard InChI is InChI=1S/C23H15N3O5/c1-14-18(30-22-23(26(28)29)25-12-6-5-9-19(25)24-22)11-10-16-17(13-20(27)31-21(14)16)15-7-3-2-4-8-15/h2-13H,1H3. The highest BCUT2D eigenvalue weighted by Gasteiger charge is 2.25. The molecule has 0 spiro atoms. The van der Waals surface area contributed by atoms with Crippen LogP contribution in [0.15, 0.2) is 82.1 Å². The number of hydrogen-bond acceptors (Lipinski definition) is 6. The van der Waals surface area contributed by atoms with Crippen LogP contribution in [0.4, 0.5) is 5.82 Å². The summed E-state index contributed by atoms with van der Waals surface area (Å²) in [7, 11) is 0. The van der Waals surface area contributed by atoms with Gasteiger partial charge >= 0.3 is 17.3 Å². The Morgan fingerprint density at radius 3 is 2.61 bits per heavy atom. The van der Waals surface area contributed by atoms with Crippen molar-refractivity contribution >= 4 is 22.4 Å². The zero-order chi connectivity index (χ0) is 21.5. The Kier molecular flexibility index (Phi) is 4.25. The molecule has 0 fully saturated rings. The van der Waals surface area contributed by atoms with Gasteiger partial charge in [-0.05, 0) is 41.2 Å². The topological polar surface area (TPSA) is 99.9 Å². The van der Waals surface area contributed by atoms with Crippen LogP contribution in [0.25, 0.3) is 27.7 Å². The summed E-state index contributed by atoms with van der Waals surface area (Å²) in [4.78, 5) is 27.6. The van der Waals surface area contributed by atoms with Crippen molar-refractivity contribution in [3.63, 3.8) is 0 Å². The van der Waals surface area contributed by atoms with Crippen LogP contribution in [0.1, 0.15) is 5.56 Å². The number of fused-ring (bicyclic) bond motifs is 2. The fraction of sp³-hybridized carbons (Fsp3) is 0.0435. The van der Waals surface area contributed by atoms with Crippen LogP contribution in [-0.2, 0) is 0 Å². The summed E-state index contributed by atoms with van der Waals surface area (Å²) < 4.78 is 12.7. The second-order valence-corrected chi connectivity index (χ2v) is 6.94. The minimum atomic E-state index is -0.542. The van der Waals surface area contributed by atoms with Crippen molar-refractivity contribution in [1.29, 1.82) is 0 Å². The molecule has 3 heterocycles. The maximum absolute atomic E-state index is 12.2. The fourth-order valence-corrected chi connectivity index (χ4v) is 3.61. The van der Waals surface area contributed by atoms with E-state index in [0.29, 0.717) is 22.5 Å². The summed E-state index contributed by atoms with van der Waals surface area (Å²) in [6, 6.07) is 19.5. The van der Waals surface area contributed by atoms with Gasteiger partial charge in [-0.1, -0.05) is 36.4 Å². The predicted octanol–water partition coefficient (Wildman–Crippen LogP) is 5.12. The lowest BCUT2D eigenvalue weighted by Gasteiger charge is -2.11. The third-order valence-electron chi connectivity index (χ3n) is 5.05. The van der Waals surface area contributed by atoms with Gasteiger partial charge in [-0.2, -0.15) is 9.38 Å². The lowest BCUT2D eigenvalue weighted by atomic mass is 10.0. The number of nitrogens with zero attached hydrogens (tertiary/aromatic N) is 3. The van der Waals surface area contributed by atoms with Crippen molar-refractivity contribution < 1.29 is 14.1 Å². The van der Waals surface area contributed by atoms with Gasteiger partial charge in [0.15, 0.2) is 0 Å². The monoisotopic (exact) mass is 413 g/mol. The number of imidazole rings is 1. The van der Waals surface area contributed by atoms with Crippen molar-refractivity contribution in [1.82, 2.24) is 9.38 Å². The van der Waals surface area contributed by atoms with E-state index in [2.05, 4.69) is 4.98 Å². The molecule has 0 aliphatic rings. The van der Waals surface area contributed by atoms with Crippen LogP contribution < -0.4 is 10.4 Å². The summed E-state index contributed by atoms with van der Waals surface area (Å²) >= 11 is 0. The molecule has 5 rings (SSSR count). The normalized spacial score (nSPS) is 11.1. The van der Waals surface area contributed by atoms with Gasteiger partial charge in [-0.3, -0.25) is 0 Å². The first-order valence-electron chi connectivity index (χ1n) is 9.45. The molecule has 152 valence electrons. The molecule has 8 heteroatoms. The predicted molar refractivity (Wildman–Crippen MR) is 115 cm³/mol. The van der Waals surface area contributed by atoms with Crippen LogP contribution in [0, 0.1) is 17.0 Å². The van der Waals surface area contributed by atoms with Gasteiger partial charge in [0.05, 0.1) is 6.20 Å². The minimum absolute atomic E-state index is 0.139. The zero-order valence-corrected chi connectivity index (χ0v) is 16.3. The molecule has 0 aliphatic carbocycles. The number of benzene rings is 2. The first-order valence-corrected chi connectivity index (χ1v) is 9.45. The van der Waals surface area contributed by atoms with Crippen LogP contribution in [-0.4, -0.2) is 14.3 Å². The van der Waals surface area contributed by atoms with Gasteiger partial charge in [0, 0.05) is 23.1 Å². The van der Waals surface area contributed by atoms with Crippen LogP contribution in [0.5, 0.6) is 11.6 Å². The van der Waals surface area contributed by atoms with Crippen molar-refractivity contribution in [2.75, 3.05) is 0 Å². The second-order valence-electron chi connectivity index (χ2n) is 6.94. The van der Waals surface area contributed by atoms with Gasteiger partial charge in [0.25, 0.3) is 0 Å². The largest absolute Gasteiger partial charge is 0.432 e. The molecule has 2 aromatic carbocycles. The average Bonchev–Trinajstić information content (AvgIpc) is 3.14. The van der Waals surface area contributed by atoms with Gasteiger partial charge in [0.2, 0.25) is 5.65 Å². The molecule has 0 unspecified atom stereocenters. The summed E-state index contributed by atoms with van der Waals surface area (Å²) in [5.74, 6) is -0.109. The Bertz CT molecular complexity index is 1520. The SMILES string of the molecule is Cc1c(Oc2nc3ccccn3c2[N+](=O)[O-])ccc2c(-c3ccccc3)cc(=O)oc12. The van der Waals surface area contributed by atoms with Gasteiger partial charge in [-0.25, -0.2) is 4.79 Å². The zero-order valence-electron chi connectivity index (χ0n) is 16.3. The van der Waals surface area contributed by atoms with Gasteiger partial charge in [-0.15, -0.1) is 0 Å². The summed E-state index contributed by atoms with van der Waals surface area (Å²) in [6.07, 6.45) is 1.55. The van der Waals surface area contributed by atoms with Crippen LogP contribution in [0.2, 0.25) is 0 Å². The number of pyridine rings is 1. The molecule has 3 aromatic heterocycles. The van der Waals surface area contributed by atoms with E-state index in [1.807, 2.05) is 30.3 Å². The van der Waals surface area contributed by atoms with E-state index in [4.69, 9.17) is 9.15 Å². The highest BCUT2D eigenvalue weighted by molar-refractivity contribution is 5.95. The Morgan fingerprint density at radius 1 is 1.06 bits per heavy atom. The maximum atomic E-state index is 12.2. The Labute approximate surface area is 175 Å². The quantitative estimate of drug-likeness (QED) is 0.230. The summed E-state index contributed by atoms with van der Waals surface area (Å²) in [6.45, 7) is 1.73. The van der Waals surface area contributed by atoms with Crippen LogP contribution in [0.3, 0.4) is 0 Å². The van der Waals surface area contributed by atoms with E-state index in [1.165, 1.54) is 10.5 Å². The van der Waals surface area contributed by atoms with E-state index in [1.54, 1.807) is 43.5 Å². The van der Waals surface area contributed by atoms with Gasteiger partial charge in [0.1, 0.15) is 11.3 Å². The molecular weight excluding hydrogens is 398 g/mol. The second kappa shape index (κ2) is 7.10. The molecule has 0 bridgehead atoms. The lowest BCUT2D eigenvalue weighted by Crippen LogP contribution is -2.01. The van der Waals surface area contributed by atoms with E-state index in [0.717, 1.165) is 16.5 Å². The van der Waals surface area contributed by atoms with Gasteiger partial charge < -0.3 is 19.3 Å². The Balaban J connectivity index is 1.67. The minimum Gasteiger partial charge on any atom is -0.432 e. The van der Waals surface area contributed by atoms with E-state index < -0.39 is 10.5 Å². The molecule has 31 heavy (non-hydrogen) atoms. The molecule has 0 N–H and O–H groups in total. The highest BCUT2D eigenvalue weighted by atomic mass is 16.6. The van der Waals surface area contributed by atoms with E-state index >= 15 is 0 Å². The number of rotatable bonds is 4. The maximum Gasteiger partial charge on any atom is 0.392 e. The first-order chi connectivity index (χ1) is 15.0. The summed E-state index contributed by atoms with van der Waals surface area (Å²) in [5.41, 5.74) is 2.41. The number of ether oxygens (including phenoxy) is 1. The molecule has 5 aromatic rings. The molecule has 0 aliphatic heterocycles. The molecule has 0 amide bonds. The average molecular weight is 413 g/mol. The van der Waals surface area contributed by atoms with E-state index in [9.17, 15) is 14.9 Å². The lowest BCUT2D eigenvalue weighted by molar-refractivity contribution is -0.391. The molecule has 0 radical (unpaired) electrons. The van der Waals surface area contributed by atoms with Crippen molar-refractivity contribution in [3.8, 4) is 22.8 Å². The van der Waals surface area contributed by atoms with E-state index in [-0.39, 0.29) is 11.7 Å². The van der Waals surface area contributed by atoms with Crippen molar-refractivity contribution in [2.45, 2.75) is 6.92 Å². The van der Waals surface area contributed by atoms with Crippen LogP contribution >= 0.6 is 0 Å². The Morgan fingerprint density at radius 2 is 1.84 bits per heavy atom. The molecule has 8 nitrogen and oxygen atoms in total. The number of nitro groups is 1. The number of hydrogen-bond donors (Lipinski definition) is 0. The molecule has 0 saturated heterocycles. The summed E-state index contributed by atoms with van der Waals surface area (Å²) in [5, 5.41) is 12.4. The number of aryl methyl sites for hydroxylation is 1. The molecular formula is C23H15N3O5. The molecule has 0 saturated carbocycles. The first kappa shape index (κ1) is 18.6. The third-order valence-corrected chi connectivity index (χ3v) is 5.05. The highest BCUT2D eigenvalue weighted by Crippen LogP contribution is 2.37. The third kappa shape index (κ3) is 3.10. The smallest absolute Gasteiger partial charge is 0.392 e. The fourth-order valence-electron chi connectivity index (χ4n) is 3.61. The van der Waals surface area contributed by atoms with Crippen molar-refractivity contribution in [2.24, 2.45) is 0 Å². The Hall–Kier alpha value is -4.46.